The normalized spacial score (nSPS) is 14.1. The second-order valence-corrected chi connectivity index (χ2v) is 20.9. The largest absolute Gasteiger partial charge is 0.457 e. The first kappa shape index (κ1) is 43.1. The standard InChI is InChI=1S/C74H45NO3/c1-4-21-56-54(18-1)71-51(20-15-27-62(71)73(56)58-23-6-11-31-66(58)77-67-32-12-7-24-59(67)73)47-37-42-50(43-38-47)75(49-40-35-46(36-41-49)48-39-44-53-52-17-3-10-30-65(52)76-70(53)45-48)64-29-16-28-63-72(64)55-19-2-5-22-57(55)74(63)60-25-8-13-33-68(60)78-69-34-14-9-26-61(69)74/h1-45H. The third-order valence-corrected chi connectivity index (χ3v) is 17.2. The number of rotatable bonds is 5. The molecule has 4 aliphatic rings. The van der Waals surface area contributed by atoms with E-state index < -0.39 is 10.8 Å². The molecular formula is C74H45NO3. The highest BCUT2D eigenvalue weighted by Crippen LogP contribution is 2.66. The zero-order valence-electron chi connectivity index (χ0n) is 42.2. The van der Waals surface area contributed by atoms with Gasteiger partial charge in [0, 0.05) is 50.0 Å². The number of benzene rings is 12. The summed E-state index contributed by atoms with van der Waals surface area (Å²) in [6.45, 7) is 0. The van der Waals surface area contributed by atoms with Crippen molar-refractivity contribution in [3.05, 3.63) is 317 Å². The highest BCUT2D eigenvalue weighted by Gasteiger charge is 2.53. The molecule has 4 heteroatoms. The van der Waals surface area contributed by atoms with Gasteiger partial charge in [-0.25, -0.2) is 0 Å². The second kappa shape index (κ2) is 16.2. The van der Waals surface area contributed by atoms with E-state index in [2.05, 4.69) is 266 Å². The molecular weight excluding hydrogens is 951 g/mol. The van der Waals surface area contributed by atoms with E-state index in [-0.39, 0.29) is 0 Å². The van der Waals surface area contributed by atoms with Crippen molar-refractivity contribution >= 4 is 39.0 Å². The van der Waals surface area contributed by atoms with E-state index in [0.29, 0.717) is 0 Å². The molecule has 13 aromatic rings. The number of fused-ring (bicyclic) bond motifs is 21. The zero-order valence-corrected chi connectivity index (χ0v) is 42.2. The van der Waals surface area contributed by atoms with Gasteiger partial charge in [0.25, 0.3) is 0 Å². The summed E-state index contributed by atoms with van der Waals surface area (Å²) in [6, 6.07) is 99.2. The predicted octanol–water partition coefficient (Wildman–Crippen LogP) is 19.3. The Kier molecular flexibility index (Phi) is 8.94. The van der Waals surface area contributed by atoms with Crippen molar-refractivity contribution < 1.29 is 13.9 Å². The molecule has 3 heterocycles. The van der Waals surface area contributed by atoms with Crippen molar-refractivity contribution in [2.24, 2.45) is 0 Å². The lowest BCUT2D eigenvalue weighted by Gasteiger charge is -2.39. The molecule has 0 atom stereocenters. The fourth-order valence-corrected chi connectivity index (χ4v) is 14.1. The van der Waals surface area contributed by atoms with Crippen LogP contribution in [0.1, 0.15) is 44.5 Å². The van der Waals surface area contributed by atoms with Crippen LogP contribution in [0.4, 0.5) is 17.1 Å². The van der Waals surface area contributed by atoms with E-state index in [1.165, 1.54) is 50.1 Å². The Labute approximate surface area is 451 Å². The number of ether oxygens (including phenoxy) is 2. The SMILES string of the molecule is c1ccc2c(c1)Oc1ccccc1C21c2ccccc2-c2c(-c3ccc(N(c4ccc(-c5ccc6c(c5)oc5ccccc56)cc4)c4cccc5c4-c4ccccc4C54c5ccccc5Oc5ccccc54)cc3)cccc21. The molecule has 0 amide bonds. The van der Waals surface area contributed by atoms with Crippen LogP contribution in [-0.4, -0.2) is 0 Å². The minimum atomic E-state index is -0.616. The predicted molar refractivity (Wildman–Crippen MR) is 314 cm³/mol. The van der Waals surface area contributed by atoms with E-state index in [1.54, 1.807) is 0 Å². The lowest BCUT2D eigenvalue weighted by atomic mass is 9.66. The van der Waals surface area contributed by atoms with Crippen LogP contribution < -0.4 is 14.4 Å². The number of hydrogen-bond donors (Lipinski definition) is 0. The molecule has 0 N–H and O–H groups in total. The number of hydrogen-bond acceptors (Lipinski definition) is 4. The minimum Gasteiger partial charge on any atom is -0.457 e. The molecule has 78 heavy (non-hydrogen) atoms. The minimum absolute atomic E-state index is 0.555. The third-order valence-electron chi connectivity index (χ3n) is 17.2. The maximum absolute atomic E-state index is 6.73. The van der Waals surface area contributed by atoms with Gasteiger partial charge in [0.1, 0.15) is 34.2 Å². The molecule has 0 bridgehead atoms. The molecule has 4 nitrogen and oxygen atoms in total. The summed E-state index contributed by atoms with van der Waals surface area (Å²) in [7, 11) is 0. The van der Waals surface area contributed by atoms with Crippen LogP contribution in [0.15, 0.2) is 277 Å². The Bertz CT molecular complexity index is 4550. The summed E-state index contributed by atoms with van der Waals surface area (Å²) in [5.41, 5.74) is 22.8. The van der Waals surface area contributed by atoms with Crippen molar-refractivity contribution in [1.82, 2.24) is 0 Å². The van der Waals surface area contributed by atoms with Gasteiger partial charge in [-0.1, -0.05) is 200 Å². The quantitative estimate of drug-likeness (QED) is 0.172. The van der Waals surface area contributed by atoms with Gasteiger partial charge in [0.15, 0.2) is 0 Å². The topological polar surface area (TPSA) is 34.8 Å². The van der Waals surface area contributed by atoms with Crippen LogP contribution >= 0.6 is 0 Å². The van der Waals surface area contributed by atoms with Crippen molar-refractivity contribution in [2.75, 3.05) is 4.90 Å². The highest BCUT2D eigenvalue weighted by molar-refractivity contribution is 6.06. The highest BCUT2D eigenvalue weighted by atomic mass is 16.5. The van der Waals surface area contributed by atoms with E-state index in [1.807, 2.05) is 12.1 Å². The van der Waals surface area contributed by atoms with Crippen LogP contribution in [-0.2, 0) is 10.8 Å². The molecule has 1 aromatic heterocycles. The lowest BCUT2D eigenvalue weighted by Crippen LogP contribution is -2.32. The molecule has 0 saturated heterocycles. The number of nitrogens with zero attached hydrogens (tertiary/aromatic N) is 1. The Balaban J connectivity index is 0.857. The molecule has 2 aliphatic carbocycles. The average Bonchev–Trinajstić information content (AvgIpc) is 4.11. The van der Waals surface area contributed by atoms with Gasteiger partial charge in [0.2, 0.25) is 0 Å². The molecule has 12 aromatic carbocycles. The van der Waals surface area contributed by atoms with Gasteiger partial charge < -0.3 is 18.8 Å². The number of anilines is 3. The summed E-state index contributed by atoms with van der Waals surface area (Å²) >= 11 is 0. The second-order valence-electron chi connectivity index (χ2n) is 20.9. The first-order valence-corrected chi connectivity index (χ1v) is 26.8. The summed E-state index contributed by atoms with van der Waals surface area (Å²) in [6.07, 6.45) is 0. The van der Waals surface area contributed by atoms with Gasteiger partial charge in [-0.05, 0) is 134 Å². The van der Waals surface area contributed by atoms with E-state index in [9.17, 15) is 0 Å². The van der Waals surface area contributed by atoms with Crippen molar-refractivity contribution in [3.8, 4) is 67.5 Å². The van der Waals surface area contributed by atoms with Crippen LogP contribution in [0.25, 0.3) is 66.4 Å². The van der Waals surface area contributed by atoms with E-state index in [4.69, 9.17) is 13.9 Å². The Hall–Kier alpha value is -10.2. The molecule has 0 radical (unpaired) electrons. The summed E-state index contributed by atoms with van der Waals surface area (Å²) in [5, 5.41) is 2.25. The van der Waals surface area contributed by atoms with Crippen LogP contribution in [0, 0.1) is 0 Å². The maximum atomic E-state index is 6.73. The monoisotopic (exact) mass is 995 g/mol. The smallest absolute Gasteiger partial charge is 0.136 e. The number of para-hydroxylation sites is 5. The summed E-state index contributed by atoms with van der Waals surface area (Å²) in [5.74, 6) is 3.53. The Morgan fingerprint density at radius 3 is 1.26 bits per heavy atom. The molecule has 2 aliphatic heterocycles. The van der Waals surface area contributed by atoms with Crippen LogP contribution in [0.5, 0.6) is 23.0 Å². The van der Waals surface area contributed by atoms with Gasteiger partial charge in [-0.15, -0.1) is 0 Å². The van der Waals surface area contributed by atoms with Crippen molar-refractivity contribution in [1.29, 1.82) is 0 Å². The van der Waals surface area contributed by atoms with Crippen molar-refractivity contribution in [2.45, 2.75) is 10.8 Å². The lowest BCUT2D eigenvalue weighted by molar-refractivity contribution is 0.436. The van der Waals surface area contributed by atoms with Gasteiger partial charge >= 0.3 is 0 Å². The van der Waals surface area contributed by atoms with Gasteiger partial charge in [0.05, 0.1) is 16.5 Å². The first-order chi connectivity index (χ1) is 38.7. The molecule has 17 rings (SSSR count). The van der Waals surface area contributed by atoms with Crippen LogP contribution in [0.3, 0.4) is 0 Å². The van der Waals surface area contributed by atoms with E-state index in [0.717, 1.165) is 101 Å². The van der Waals surface area contributed by atoms with Gasteiger partial charge in [-0.3, -0.25) is 0 Å². The number of furan rings is 1. The summed E-state index contributed by atoms with van der Waals surface area (Å²) in [4.78, 5) is 2.46. The molecule has 0 fully saturated rings. The average molecular weight is 996 g/mol. The maximum Gasteiger partial charge on any atom is 0.136 e. The molecule has 0 unspecified atom stereocenters. The summed E-state index contributed by atoms with van der Waals surface area (Å²) < 4.78 is 19.8. The fourth-order valence-electron chi connectivity index (χ4n) is 14.1. The van der Waals surface area contributed by atoms with Gasteiger partial charge in [-0.2, -0.15) is 0 Å². The Morgan fingerprint density at radius 1 is 0.269 bits per heavy atom. The Morgan fingerprint density at radius 2 is 0.679 bits per heavy atom. The van der Waals surface area contributed by atoms with Crippen LogP contribution in [0.2, 0.25) is 0 Å². The molecule has 0 saturated carbocycles. The third kappa shape index (κ3) is 5.73. The van der Waals surface area contributed by atoms with E-state index >= 15 is 0 Å². The fraction of sp³-hybridized carbons (Fsp3) is 0.0270. The van der Waals surface area contributed by atoms with Crippen molar-refractivity contribution in [3.63, 3.8) is 0 Å². The zero-order chi connectivity index (χ0) is 51.1. The molecule has 2 spiro atoms. The molecule has 364 valence electrons. The first-order valence-electron chi connectivity index (χ1n) is 26.8.